The lowest BCUT2D eigenvalue weighted by atomic mass is 9.78. The fraction of sp³-hybridized carbons (Fsp3) is 0.929. The zero-order valence-electron chi connectivity index (χ0n) is 11.3. The van der Waals surface area contributed by atoms with Gasteiger partial charge in [0.25, 0.3) is 0 Å². The Morgan fingerprint density at radius 2 is 2.35 bits per heavy atom. The highest BCUT2D eigenvalue weighted by atomic mass is 32.2. The second-order valence-corrected chi connectivity index (χ2v) is 6.75. The Bertz CT molecular complexity index is 277. The van der Waals surface area contributed by atoms with Gasteiger partial charge in [0.2, 0.25) is 0 Å². The number of nitrogens with zero attached hydrogens (tertiary/aromatic N) is 1. The third kappa shape index (κ3) is 3.64. The zero-order chi connectivity index (χ0) is 12.1. The molecule has 0 amide bonds. The molecule has 1 spiro atoms. The SMILES string of the molecule is CCCCCN=C1NC2(CCCC(C)C2)CS1. The molecule has 2 atom stereocenters. The van der Waals surface area contributed by atoms with Crippen molar-refractivity contribution in [2.75, 3.05) is 12.3 Å². The first-order valence-electron chi connectivity index (χ1n) is 7.19. The number of aliphatic imine (C=N–C) groups is 1. The standard InChI is InChI=1S/C14H26N2S/c1-3-4-5-9-15-13-16-14(11-17-13)8-6-7-12(2)10-14/h12H,3-11H2,1-2H3,(H,15,16). The van der Waals surface area contributed by atoms with Gasteiger partial charge in [-0.05, 0) is 25.2 Å². The van der Waals surface area contributed by atoms with Crippen LogP contribution in [-0.2, 0) is 0 Å². The topological polar surface area (TPSA) is 24.4 Å². The Labute approximate surface area is 110 Å². The molecule has 0 aromatic carbocycles. The number of nitrogens with one attached hydrogen (secondary N) is 1. The molecule has 1 heterocycles. The summed E-state index contributed by atoms with van der Waals surface area (Å²) >= 11 is 1.95. The van der Waals surface area contributed by atoms with Crippen LogP contribution in [0.1, 0.15) is 58.8 Å². The van der Waals surface area contributed by atoms with Crippen LogP contribution in [0.2, 0.25) is 0 Å². The summed E-state index contributed by atoms with van der Waals surface area (Å²) in [4.78, 5) is 4.70. The smallest absolute Gasteiger partial charge is 0.157 e. The summed E-state index contributed by atoms with van der Waals surface area (Å²) in [6.07, 6.45) is 9.32. The van der Waals surface area contributed by atoms with Gasteiger partial charge in [-0.3, -0.25) is 4.99 Å². The van der Waals surface area contributed by atoms with Crippen molar-refractivity contribution in [3.8, 4) is 0 Å². The molecule has 2 fully saturated rings. The molecular weight excluding hydrogens is 228 g/mol. The van der Waals surface area contributed by atoms with Crippen LogP contribution < -0.4 is 5.32 Å². The molecule has 98 valence electrons. The Morgan fingerprint density at radius 1 is 1.47 bits per heavy atom. The van der Waals surface area contributed by atoms with Crippen molar-refractivity contribution in [2.24, 2.45) is 10.9 Å². The van der Waals surface area contributed by atoms with E-state index in [2.05, 4.69) is 19.2 Å². The van der Waals surface area contributed by atoms with Crippen LogP contribution in [0.15, 0.2) is 4.99 Å². The van der Waals surface area contributed by atoms with Gasteiger partial charge in [0.15, 0.2) is 5.17 Å². The van der Waals surface area contributed by atoms with Crippen molar-refractivity contribution in [1.29, 1.82) is 0 Å². The third-order valence-electron chi connectivity index (χ3n) is 3.97. The van der Waals surface area contributed by atoms with Gasteiger partial charge in [0.05, 0.1) is 0 Å². The molecule has 2 nitrogen and oxygen atoms in total. The minimum absolute atomic E-state index is 0.395. The lowest BCUT2D eigenvalue weighted by Gasteiger charge is -2.36. The number of unbranched alkanes of at least 4 members (excludes halogenated alkanes) is 2. The van der Waals surface area contributed by atoms with Gasteiger partial charge in [-0.2, -0.15) is 0 Å². The molecule has 1 aliphatic carbocycles. The first-order chi connectivity index (χ1) is 8.24. The molecule has 3 heteroatoms. The van der Waals surface area contributed by atoms with E-state index < -0.39 is 0 Å². The van der Waals surface area contributed by atoms with Crippen molar-refractivity contribution in [3.63, 3.8) is 0 Å². The van der Waals surface area contributed by atoms with Crippen LogP contribution in [0.3, 0.4) is 0 Å². The summed E-state index contributed by atoms with van der Waals surface area (Å²) in [7, 11) is 0. The Kier molecular flexibility index (Phi) is 4.78. The average Bonchev–Trinajstić information content (AvgIpc) is 2.67. The van der Waals surface area contributed by atoms with Gasteiger partial charge in [-0.1, -0.05) is 51.3 Å². The summed E-state index contributed by atoms with van der Waals surface area (Å²) in [5.41, 5.74) is 0.395. The predicted octanol–water partition coefficient (Wildman–Crippen LogP) is 3.82. The average molecular weight is 254 g/mol. The predicted molar refractivity (Wildman–Crippen MR) is 77.8 cm³/mol. The summed E-state index contributed by atoms with van der Waals surface area (Å²) < 4.78 is 0. The molecular formula is C14H26N2S. The van der Waals surface area contributed by atoms with E-state index in [0.29, 0.717) is 5.54 Å². The monoisotopic (exact) mass is 254 g/mol. The molecule has 2 rings (SSSR count). The molecule has 1 saturated heterocycles. The minimum Gasteiger partial charge on any atom is -0.359 e. The molecule has 0 radical (unpaired) electrons. The normalized spacial score (nSPS) is 35.4. The maximum atomic E-state index is 4.70. The minimum atomic E-state index is 0.395. The van der Waals surface area contributed by atoms with Gasteiger partial charge >= 0.3 is 0 Å². The Balaban J connectivity index is 1.81. The van der Waals surface area contributed by atoms with Gasteiger partial charge in [-0.25, -0.2) is 0 Å². The number of amidine groups is 1. The lowest BCUT2D eigenvalue weighted by Crippen LogP contribution is -2.47. The van der Waals surface area contributed by atoms with E-state index in [1.165, 1.54) is 55.9 Å². The highest BCUT2D eigenvalue weighted by Crippen LogP contribution is 2.38. The number of thioether (sulfide) groups is 1. The Morgan fingerprint density at radius 3 is 3.12 bits per heavy atom. The van der Waals surface area contributed by atoms with Gasteiger partial charge in [-0.15, -0.1) is 0 Å². The van der Waals surface area contributed by atoms with E-state index >= 15 is 0 Å². The summed E-state index contributed by atoms with van der Waals surface area (Å²) in [6.45, 7) is 5.65. The summed E-state index contributed by atoms with van der Waals surface area (Å²) in [5, 5.41) is 4.94. The number of hydrogen-bond donors (Lipinski definition) is 1. The van der Waals surface area contributed by atoms with Crippen LogP contribution in [0.4, 0.5) is 0 Å². The quantitative estimate of drug-likeness (QED) is 0.771. The van der Waals surface area contributed by atoms with Gasteiger partial charge < -0.3 is 5.32 Å². The largest absolute Gasteiger partial charge is 0.359 e. The first-order valence-corrected chi connectivity index (χ1v) is 8.18. The fourth-order valence-corrected chi connectivity index (χ4v) is 4.26. The van der Waals surface area contributed by atoms with Gasteiger partial charge in [0.1, 0.15) is 0 Å². The molecule has 1 saturated carbocycles. The summed E-state index contributed by atoms with van der Waals surface area (Å²) in [6, 6.07) is 0. The van der Waals surface area contributed by atoms with Crippen molar-refractivity contribution in [3.05, 3.63) is 0 Å². The second kappa shape index (κ2) is 6.12. The van der Waals surface area contributed by atoms with Crippen molar-refractivity contribution in [2.45, 2.75) is 64.3 Å². The van der Waals surface area contributed by atoms with Crippen LogP contribution in [0, 0.1) is 5.92 Å². The lowest BCUT2D eigenvalue weighted by molar-refractivity contribution is 0.242. The molecule has 2 unspecified atom stereocenters. The van der Waals surface area contributed by atoms with Crippen LogP contribution in [0.5, 0.6) is 0 Å². The van der Waals surface area contributed by atoms with E-state index in [0.717, 1.165) is 12.5 Å². The molecule has 1 aliphatic heterocycles. The van der Waals surface area contributed by atoms with E-state index in [1.807, 2.05) is 11.8 Å². The van der Waals surface area contributed by atoms with E-state index in [-0.39, 0.29) is 0 Å². The molecule has 2 aliphatic rings. The molecule has 0 bridgehead atoms. The van der Waals surface area contributed by atoms with Crippen molar-refractivity contribution < 1.29 is 0 Å². The Hall–Kier alpha value is -0.180. The zero-order valence-corrected chi connectivity index (χ0v) is 12.1. The highest BCUT2D eigenvalue weighted by Gasteiger charge is 2.40. The molecule has 17 heavy (non-hydrogen) atoms. The van der Waals surface area contributed by atoms with Crippen LogP contribution in [0.25, 0.3) is 0 Å². The third-order valence-corrected chi connectivity index (χ3v) is 5.17. The van der Waals surface area contributed by atoms with Crippen LogP contribution >= 0.6 is 11.8 Å². The van der Waals surface area contributed by atoms with Gasteiger partial charge in [0, 0.05) is 17.8 Å². The number of hydrogen-bond acceptors (Lipinski definition) is 2. The first kappa shape index (κ1) is 13.3. The van der Waals surface area contributed by atoms with Crippen LogP contribution in [-0.4, -0.2) is 23.0 Å². The fourth-order valence-electron chi connectivity index (χ4n) is 3.04. The highest BCUT2D eigenvalue weighted by molar-refractivity contribution is 8.14. The van der Waals surface area contributed by atoms with E-state index in [1.54, 1.807) is 0 Å². The van der Waals surface area contributed by atoms with Crippen molar-refractivity contribution >= 4 is 16.9 Å². The van der Waals surface area contributed by atoms with Crippen molar-refractivity contribution in [1.82, 2.24) is 5.32 Å². The number of rotatable bonds is 4. The maximum Gasteiger partial charge on any atom is 0.157 e. The van der Waals surface area contributed by atoms with E-state index in [4.69, 9.17) is 4.99 Å². The summed E-state index contributed by atoms with van der Waals surface area (Å²) in [5.74, 6) is 2.13. The molecule has 1 N–H and O–H groups in total. The maximum absolute atomic E-state index is 4.70. The molecule has 0 aromatic heterocycles. The molecule has 0 aromatic rings. The van der Waals surface area contributed by atoms with E-state index in [9.17, 15) is 0 Å². The second-order valence-electron chi connectivity index (χ2n) is 5.79.